The van der Waals surface area contributed by atoms with Crippen LogP contribution in [0.3, 0.4) is 0 Å². The van der Waals surface area contributed by atoms with Crippen LogP contribution in [-0.2, 0) is 32.0 Å². The average molecular weight is 445 g/mol. The molecule has 4 atom stereocenters. The number of rotatable bonds is 5. The van der Waals surface area contributed by atoms with Gasteiger partial charge in [-0.25, -0.2) is 4.39 Å². The van der Waals surface area contributed by atoms with E-state index in [9.17, 15) is 14.4 Å². The van der Waals surface area contributed by atoms with Crippen molar-refractivity contribution in [3.63, 3.8) is 0 Å². The summed E-state index contributed by atoms with van der Waals surface area (Å²) in [5, 5.41) is 5.89. The standard InChI is InChI=1S/C23H28FN3O5/c24-21-13(10-19-17(2-1-8-32-19)25-14-7-9-31-12-14)3-4-15-16(21)11-27(23(15)30)18-5-6-20(28)26-22(18)29/h3-4,14,17-19,25H,1-2,5-12H2,(H,26,28,29)/t14-,17+,18?,19-/m1/s1. The summed E-state index contributed by atoms with van der Waals surface area (Å²) >= 11 is 0. The summed E-state index contributed by atoms with van der Waals surface area (Å²) in [6.45, 7) is 2.13. The first kappa shape index (κ1) is 21.5. The van der Waals surface area contributed by atoms with Crippen molar-refractivity contribution >= 4 is 17.7 Å². The summed E-state index contributed by atoms with van der Waals surface area (Å²) in [4.78, 5) is 37.9. The molecule has 4 aliphatic rings. The van der Waals surface area contributed by atoms with E-state index in [4.69, 9.17) is 9.47 Å². The number of carbonyl (C=O) groups is 3. The molecule has 0 radical (unpaired) electrons. The van der Waals surface area contributed by atoms with Crippen molar-refractivity contribution < 1.29 is 28.2 Å². The van der Waals surface area contributed by atoms with E-state index in [1.165, 1.54) is 4.90 Å². The van der Waals surface area contributed by atoms with Crippen LogP contribution in [0.2, 0.25) is 0 Å². The van der Waals surface area contributed by atoms with Crippen LogP contribution in [0.5, 0.6) is 0 Å². The summed E-state index contributed by atoms with van der Waals surface area (Å²) < 4.78 is 27.0. The van der Waals surface area contributed by atoms with Crippen LogP contribution in [0.15, 0.2) is 12.1 Å². The highest BCUT2D eigenvalue weighted by atomic mass is 19.1. The molecule has 4 aliphatic heterocycles. The molecular formula is C23H28FN3O5. The maximum atomic E-state index is 15.5. The molecule has 1 aromatic rings. The molecule has 3 fully saturated rings. The Morgan fingerprint density at radius 1 is 1.16 bits per heavy atom. The molecule has 0 bridgehead atoms. The van der Waals surface area contributed by atoms with Crippen molar-refractivity contribution in [1.82, 2.24) is 15.5 Å². The summed E-state index contributed by atoms with van der Waals surface area (Å²) in [5.74, 6) is -1.61. The molecule has 3 amide bonds. The third-order valence-electron chi connectivity index (χ3n) is 6.97. The Balaban J connectivity index is 1.32. The van der Waals surface area contributed by atoms with Crippen LogP contribution in [0, 0.1) is 5.82 Å². The molecule has 32 heavy (non-hydrogen) atoms. The van der Waals surface area contributed by atoms with Crippen molar-refractivity contribution in [3.05, 3.63) is 34.6 Å². The first-order valence-corrected chi connectivity index (χ1v) is 11.4. The largest absolute Gasteiger partial charge is 0.380 e. The van der Waals surface area contributed by atoms with Gasteiger partial charge in [-0.3, -0.25) is 19.7 Å². The molecule has 8 nitrogen and oxygen atoms in total. The zero-order chi connectivity index (χ0) is 22.2. The second-order valence-electron chi connectivity index (χ2n) is 9.05. The van der Waals surface area contributed by atoms with Gasteiger partial charge in [0.2, 0.25) is 11.8 Å². The lowest BCUT2D eigenvalue weighted by Crippen LogP contribution is -2.52. The van der Waals surface area contributed by atoms with Gasteiger partial charge in [0.1, 0.15) is 11.9 Å². The van der Waals surface area contributed by atoms with E-state index < -0.39 is 17.8 Å². The Kier molecular flexibility index (Phi) is 5.96. The number of hydrogen-bond acceptors (Lipinski definition) is 6. The number of hydrogen-bond donors (Lipinski definition) is 2. The number of imide groups is 1. The number of carbonyl (C=O) groups excluding carboxylic acids is 3. The van der Waals surface area contributed by atoms with E-state index in [0.717, 1.165) is 25.9 Å². The predicted octanol–water partition coefficient (Wildman–Crippen LogP) is 1.06. The lowest BCUT2D eigenvalue weighted by molar-refractivity contribution is -0.136. The maximum absolute atomic E-state index is 15.5. The van der Waals surface area contributed by atoms with E-state index in [1.54, 1.807) is 12.1 Å². The van der Waals surface area contributed by atoms with E-state index in [0.29, 0.717) is 42.4 Å². The van der Waals surface area contributed by atoms with Crippen LogP contribution in [0.25, 0.3) is 0 Å². The molecule has 3 saturated heterocycles. The Labute approximate surface area is 185 Å². The van der Waals surface area contributed by atoms with Crippen LogP contribution in [0.4, 0.5) is 4.39 Å². The first-order chi connectivity index (χ1) is 15.5. The minimum Gasteiger partial charge on any atom is -0.380 e. The van der Waals surface area contributed by atoms with Crippen molar-refractivity contribution in [2.45, 2.75) is 69.3 Å². The van der Waals surface area contributed by atoms with Crippen molar-refractivity contribution in [2.24, 2.45) is 0 Å². The molecular weight excluding hydrogens is 417 g/mol. The zero-order valence-corrected chi connectivity index (χ0v) is 17.9. The third kappa shape index (κ3) is 4.04. The van der Waals surface area contributed by atoms with Gasteiger partial charge in [0.15, 0.2) is 0 Å². The van der Waals surface area contributed by atoms with Gasteiger partial charge in [0.25, 0.3) is 5.91 Å². The van der Waals surface area contributed by atoms with Gasteiger partial charge in [-0.15, -0.1) is 0 Å². The fourth-order valence-corrected chi connectivity index (χ4v) is 5.23. The van der Waals surface area contributed by atoms with Gasteiger partial charge in [-0.1, -0.05) is 6.07 Å². The molecule has 172 valence electrons. The van der Waals surface area contributed by atoms with Crippen LogP contribution >= 0.6 is 0 Å². The third-order valence-corrected chi connectivity index (χ3v) is 6.97. The fourth-order valence-electron chi connectivity index (χ4n) is 5.23. The number of nitrogens with zero attached hydrogens (tertiary/aromatic N) is 1. The molecule has 5 rings (SSSR count). The Bertz CT molecular complexity index is 932. The molecule has 0 spiro atoms. The molecule has 9 heteroatoms. The topological polar surface area (TPSA) is 97.0 Å². The number of benzene rings is 1. The molecule has 1 unspecified atom stereocenters. The lowest BCUT2D eigenvalue weighted by Gasteiger charge is -2.34. The molecule has 0 aromatic heterocycles. The Hall–Kier alpha value is -2.36. The van der Waals surface area contributed by atoms with Gasteiger partial charge in [0.05, 0.1) is 19.3 Å². The quantitative estimate of drug-likeness (QED) is 0.658. The number of piperidine rings is 1. The predicted molar refractivity (Wildman–Crippen MR) is 111 cm³/mol. The molecule has 4 heterocycles. The van der Waals surface area contributed by atoms with Crippen LogP contribution < -0.4 is 10.6 Å². The molecule has 2 N–H and O–H groups in total. The lowest BCUT2D eigenvalue weighted by atomic mass is 9.93. The van der Waals surface area contributed by atoms with E-state index in [2.05, 4.69) is 10.6 Å². The average Bonchev–Trinajstić information content (AvgIpc) is 3.40. The second-order valence-corrected chi connectivity index (χ2v) is 9.05. The highest BCUT2D eigenvalue weighted by Gasteiger charge is 2.41. The van der Waals surface area contributed by atoms with Gasteiger partial charge in [-0.2, -0.15) is 0 Å². The maximum Gasteiger partial charge on any atom is 0.255 e. The molecule has 0 saturated carbocycles. The fraction of sp³-hybridized carbons (Fsp3) is 0.609. The molecule has 1 aromatic carbocycles. The van der Waals surface area contributed by atoms with Gasteiger partial charge in [-0.05, 0) is 37.3 Å². The highest BCUT2D eigenvalue weighted by Crippen LogP contribution is 2.32. The van der Waals surface area contributed by atoms with Gasteiger partial charge >= 0.3 is 0 Å². The van der Waals surface area contributed by atoms with E-state index in [-0.39, 0.29) is 43.3 Å². The molecule has 0 aliphatic carbocycles. The van der Waals surface area contributed by atoms with Gasteiger partial charge in [0, 0.05) is 49.3 Å². The number of amides is 3. The Morgan fingerprint density at radius 3 is 2.81 bits per heavy atom. The Morgan fingerprint density at radius 2 is 2.03 bits per heavy atom. The normalized spacial score (nSPS) is 30.5. The summed E-state index contributed by atoms with van der Waals surface area (Å²) in [7, 11) is 0. The summed E-state index contributed by atoms with van der Waals surface area (Å²) in [5.41, 5.74) is 1.13. The number of ether oxygens (including phenoxy) is 2. The minimum atomic E-state index is -0.751. The monoisotopic (exact) mass is 445 g/mol. The smallest absolute Gasteiger partial charge is 0.255 e. The zero-order valence-electron chi connectivity index (χ0n) is 17.9. The van der Waals surface area contributed by atoms with Gasteiger partial charge < -0.3 is 19.7 Å². The van der Waals surface area contributed by atoms with Crippen molar-refractivity contribution in [3.8, 4) is 0 Å². The number of halogens is 1. The highest BCUT2D eigenvalue weighted by molar-refractivity contribution is 6.05. The van der Waals surface area contributed by atoms with Crippen LogP contribution in [-0.4, -0.2) is 66.7 Å². The van der Waals surface area contributed by atoms with Crippen molar-refractivity contribution in [2.75, 3.05) is 19.8 Å². The van der Waals surface area contributed by atoms with E-state index >= 15 is 4.39 Å². The SMILES string of the molecule is O=C1CCC(N2Cc3c(ccc(C[C@H]4OCCC[C@@H]4N[C@@H]4CCOC4)c3F)C2=O)C(=O)N1. The summed E-state index contributed by atoms with van der Waals surface area (Å²) in [6.07, 6.45) is 3.59. The van der Waals surface area contributed by atoms with Crippen molar-refractivity contribution in [1.29, 1.82) is 0 Å². The van der Waals surface area contributed by atoms with E-state index in [1.807, 2.05) is 0 Å². The first-order valence-electron chi connectivity index (χ1n) is 11.4. The number of nitrogens with one attached hydrogen (secondary N) is 2. The van der Waals surface area contributed by atoms with Crippen LogP contribution in [0.1, 0.15) is 53.6 Å². The summed E-state index contributed by atoms with van der Waals surface area (Å²) in [6, 6.07) is 2.99. The second kappa shape index (κ2) is 8.88. The number of fused-ring (bicyclic) bond motifs is 1. The minimum absolute atomic E-state index is 0.0345.